The Morgan fingerprint density at radius 2 is 1.89 bits per heavy atom. The maximum Gasteiger partial charge on any atom is 0.315 e. The molecule has 0 rings (SSSR count). The van der Waals surface area contributed by atoms with Crippen molar-refractivity contribution in [2.24, 2.45) is 0 Å². The molecule has 0 aliphatic heterocycles. The fourth-order valence-electron chi connectivity index (χ4n) is 1.57. The maximum atomic E-state index is 11.5. The normalized spacial score (nSPS) is 11.9. The van der Waals surface area contributed by atoms with E-state index in [-0.39, 0.29) is 18.5 Å². The van der Waals surface area contributed by atoms with Gasteiger partial charge in [-0.1, -0.05) is 19.8 Å². The van der Waals surface area contributed by atoms with E-state index in [9.17, 15) is 9.59 Å². The van der Waals surface area contributed by atoms with E-state index in [1.807, 2.05) is 18.7 Å². The molecule has 0 saturated carbocycles. The number of hydrogen-bond donors (Lipinski definition) is 3. The quantitative estimate of drug-likeness (QED) is 0.511. The third-order valence-corrected chi connectivity index (χ3v) is 3.70. The molecule has 6 heteroatoms. The number of carboxylic acid groups (broad SMARTS) is 1. The molecule has 2 amide bonds. The molecule has 0 aliphatic rings. The van der Waals surface area contributed by atoms with Crippen LogP contribution in [0.1, 0.15) is 46.0 Å². The summed E-state index contributed by atoms with van der Waals surface area (Å²) in [5.41, 5.74) is 0. The minimum absolute atomic E-state index is 0.116. The second-order valence-corrected chi connectivity index (χ2v) is 5.84. The standard InChI is InChI=1S/C13H26N2O3S/c1-3-19-10-11(2)15-13(18)14-9-7-5-4-6-8-12(16)17/h11H,3-10H2,1-2H3,(H,16,17)(H2,14,15,18). The molecule has 0 aromatic heterocycles. The number of amides is 2. The zero-order chi connectivity index (χ0) is 14.5. The van der Waals surface area contributed by atoms with Crippen LogP contribution < -0.4 is 10.6 Å². The molecule has 0 fully saturated rings. The van der Waals surface area contributed by atoms with Gasteiger partial charge in [0.05, 0.1) is 0 Å². The van der Waals surface area contributed by atoms with Crippen LogP contribution in [0.25, 0.3) is 0 Å². The first-order chi connectivity index (χ1) is 9.06. The van der Waals surface area contributed by atoms with Crippen LogP contribution in [0.2, 0.25) is 0 Å². The Hall–Kier alpha value is -0.910. The third kappa shape index (κ3) is 13.3. The fourth-order valence-corrected chi connectivity index (χ4v) is 2.24. The Morgan fingerprint density at radius 3 is 2.53 bits per heavy atom. The molecular weight excluding hydrogens is 264 g/mol. The van der Waals surface area contributed by atoms with Crippen molar-refractivity contribution < 1.29 is 14.7 Å². The van der Waals surface area contributed by atoms with Crippen LogP contribution in [0.15, 0.2) is 0 Å². The summed E-state index contributed by atoms with van der Waals surface area (Å²) in [6, 6.07) is 0.0651. The molecule has 1 atom stereocenters. The molecule has 5 nitrogen and oxygen atoms in total. The number of nitrogens with one attached hydrogen (secondary N) is 2. The Morgan fingerprint density at radius 1 is 1.21 bits per heavy atom. The van der Waals surface area contributed by atoms with Crippen LogP contribution >= 0.6 is 11.8 Å². The molecule has 0 saturated heterocycles. The van der Waals surface area contributed by atoms with Crippen LogP contribution in [0.5, 0.6) is 0 Å². The Bertz CT molecular complexity index is 262. The number of carbonyl (C=O) groups excluding carboxylic acids is 1. The largest absolute Gasteiger partial charge is 0.481 e. The lowest BCUT2D eigenvalue weighted by atomic mass is 10.1. The zero-order valence-corrected chi connectivity index (χ0v) is 12.7. The molecule has 0 bridgehead atoms. The summed E-state index contributed by atoms with van der Waals surface area (Å²) in [7, 11) is 0. The summed E-state index contributed by atoms with van der Waals surface area (Å²) in [5.74, 6) is 1.25. The van der Waals surface area contributed by atoms with Gasteiger partial charge in [-0.3, -0.25) is 4.79 Å². The second kappa shape index (κ2) is 12.1. The molecule has 1 unspecified atom stereocenters. The van der Waals surface area contributed by atoms with E-state index in [1.165, 1.54) is 0 Å². The molecule has 19 heavy (non-hydrogen) atoms. The first kappa shape index (κ1) is 18.1. The van der Waals surface area contributed by atoms with E-state index in [1.54, 1.807) is 0 Å². The van der Waals surface area contributed by atoms with E-state index < -0.39 is 5.97 Å². The zero-order valence-electron chi connectivity index (χ0n) is 11.9. The monoisotopic (exact) mass is 290 g/mol. The number of hydrogen-bond acceptors (Lipinski definition) is 3. The van der Waals surface area contributed by atoms with Gasteiger partial charge in [-0.2, -0.15) is 11.8 Å². The molecular formula is C13H26N2O3S. The lowest BCUT2D eigenvalue weighted by Gasteiger charge is -2.13. The van der Waals surface area contributed by atoms with E-state index in [0.29, 0.717) is 13.0 Å². The van der Waals surface area contributed by atoms with Gasteiger partial charge in [0, 0.05) is 24.8 Å². The van der Waals surface area contributed by atoms with Gasteiger partial charge in [-0.25, -0.2) is 4.79 Å². The topological polar surface area (TPSA) is 78.4 Å². The number of rotatable bonds is 11. The van der Waals surface area contributed by atoms with Crippen molar-refractivity contribution in [3.63, 3.8) is 0 Å². The number of carboxylic acids is 1. The van der Waals surface area contributed by atoms with Crippen LogP contribution in [0.3, 0.4) is 0 Å². The predicted octanol–water partition coefficient (Wildman–Crippen LogP) is 2.46. The number of thioether (sulfide) groups is 1. The molecule has 112 valence electrons. The summed E-state index contributed by atoms with van der Waals surface area (Å²) >= 11 is 1.81. The van der Waals surface area contributed by atoms with Gasteiger partial charge in [-0.15, -0.1) is 0 Å². The SMILES string of the molecule is CCSCC(C)NC(=O)NCCCCCCC(=O)O. The van der Waals surface area contributed by atoms with Crippen molar-refractivity contribution in [1.29, 1.82) is 0 Å². The van der Waals surface area contributed by atoms with E-state index >= 15 is 0 Å². The van der Waals surface area contributed by atoms with Gasteiger partial charge in [0.15, 0.2) is 0 Å². The van der Waals surface area contributed by atoms with Crippen molar-refractivity contribution in [2.75, 3.05) is 18.1 Å². The third-order valence-electron chi connectivity index (χ3n) is 2.55. The minimum atomic E-state index is -0.739. The number of urea groups is 1. The molecule has 0 aromatic carbocycles. The summed E-state index contributed by atoms with van der Waals surface area (Å²) in [5, 5.41) is 14.2. The summed E-state index contributed by atoms with van der Waals surface area (Å²) in [4.78, 5) is 21.8. The number of aliphatic carboxylic acids is 1. The van der Waals surface area contributed by atoms with Gasteiger partial charge in [0.2, 0.25) is 0 Å². The van der Waals surface area contributed by atoms with E-state index in [0.717, 1.165) is 30.8 Å². The van der Waals surface area contributed by atoms with Crippen molar-refractivity contribution in [3.8, 4) is 0 Å². The van der Waals surface area contributed by atoms with Gasteiger partial charge >= 0.3 is 12.0 Å². The first-order valence-corrected chi connectivity index (χ1v) is 8.05. The molecule has 0 spiro atoms. The first-order valence-electron chi connectivity index (χ1n) is 6.90. The molecule has 0 aromatic rings. The van der Waals surface area contributed by atoms with E-state index in [4.69, 9.17) is 5.11 Å². The molecule has 0 heterocycles. The summed E-state index contributed by atoms with van der Waals surface area (Å²) in [6.07, 6.45) is 3.70. The second-order valence-electron chi connectivity index (χ2n) is 4.52. The van der Waals surface area contributed by atoms with Gasteiger partial charge in [0.1, 0.15) is 0 Å². The van der Waals surface area contributed by atoms with Crippen LogP contribution in [-0.4, -0.2) is 41.2 Å². The summed E-state index contributed by atoms with van der Waals surface area (Å²) < 4.78 is 0. The highest BCUT2D eigenvalue weighted by molar-refractivity contribution is 7.99. The highest BCUT2D eigenvalue weighted by atomic mass is 32.2. The van der Waals surface area contributed by atoms with Crippen LogP contribution in [0.4, 0.5) is 4.79 Å². The number of unbranched alkanes of at least 4 members (excludes halogenated alkanes) is 3. The lowest BCUT2D eigenvalue weighted by Crippen LogP contribution is -2.42. The smallest absolute Gasteiger partial charge is 0.315 e. The van der Waals surface area contributed by atoms with Gasteiger partial charge in [0.25, 0.3) is 0 Å². The van der Waals surface area contributed by atoms with Crippen molar-refractivity contribution in [2.45, 2.75) is 52.0 Å². The van der Waals surface area contributed by atoms with Crippen molar-refractivity contribution in [1.82, 2.24) is 10.6 Å². The molecule has 3 N–H and O–H groups in total. The highest BCUT2D eigenvalue weighted by Gasteiger charge is 2.05. The van der Waals surface area contributed by atoms with Crippen molar-refractivity contribution in [3.05, 3.63) is 0 Å². The van der Waals surface area contributed by atoms with Crippen LogP contribution in [-0.2, 0) is 4.79 Å². The summed E-state index contributed by atoms with van der Waals surface area (Å²) in [6.45, 7) is 4.74. The lowest BCUT2D eigenvalue weighted by molar-refractivity contribution is -0.137. The van der Waals surface area contributed by atoms with Crippen molar-refractivity contribution >= 4 is 23.8 Å². The molecule has 0 radical (unpaired) electrons. The Balaban J connectivity index is 3.35. The van der Waals surface area contributed by atoms with Crippen LogP contribution in [0, 0.1) is 0 Å². The number of carbonyl (C=O) groups is 2. The minimum Gasteiger partial charge on any atom is -0.481 e. The van der Waals surface area contributed by atoms with Gasteiger partial charge < -0.3 is 15.7 Å². The highest BCUT2D eigenvalue weighted by Crippen LogP contribution is 2.02. The maximum absolute atomic E-state index is 11.5. The Kier molecular flexibility index (Phi) is 11.6. The van der Waals surface area contributed by atoms with Gasteiger partial charge in [-0.05, 0) is 25.5 Å². The average molecular weight is 290 g/mol. The van der Waals surface area contributed by atoms with E-state index in [2.05, 4.69) is 17.6 Å². The molecule has 0 aliphatic carbocycles. The fraction of sp³-hybridized carbons (Fsp3) is 0.846. The predicted molar refractivity (Wildman–Crippen MR) is 79.7 cm³/mol. The average Bonchev–Trinajstić information content (AvgIpc) is 2.34. The Labute approximate surface area is 119 Å².